The van der Waals surface area contributed by atoms with Crippen LogP contribution in [0.4, 0.5) is 0 Å². The van der Waals surface area contributed by atoms with Gasteiger partial charge in [-0.25, -0.2) is 0 Å². The Kier molecular flexibility index (Phi) is 5.05. The van der Waals surface area contributed by atoms with Gasteiger partial charge in [0.1, 0.15) is 5.69 Å². The topological polar surface area (TPSA) is 37.3 Å². The van der Waals surface area contributed by atoms with Crippen molar-refractivity contribution in [1.29, 1.82) is 0 Å². The van der Waals surface area contributed by atoms with Crippen LogP contribution in [-0.4, -0.2) is 42.6 Å². The Labute approximate surface area is 123 Å². The molecule has 0 atom stereocenters. The number of nitrogens with zero attached hydrogens (tertiary/aromatic N) is 2. The van der Waals surface area contributed by atoms with E-state index < -0.39 is 0 Å². The average Bonchev–Trinajstić information content (AvgIpc) is 3.11. The quantitative estimate of drug-likeness (QED) is 0.782. The molecule has 1 fully saturated rings. The van der Waals surface area contributed by atoms with Gasteiger partial charge in [0.15, 0.2) is 0 Å². The highest BCUT2D eigenvalue weighted by Crippen LogP contribution is 2.37. The zero-order valence-electron chi connectivity index (χ0n) is 11.7. The highest BCUT2D eigenvalue weighted by molar-refractivity contribution is 9.10. The largest absolute Gasteiger partial charge is 0.351 e. The predicted molar refractivity (Wildman–Crippen MR) is 80.5 cm³/mol. The van der Waals surface area contributed by atoms with Gasteiger partial charge in [-0.2, -0.15) is 0 Å². The lowest BCUT2D eigenvalue weighted by atomic mass is 10.3. The number of hydrogen-bond donors (Lipinski definition) is 1. The number of rotatable bonds is 7. The number of aromatic nitrogens is 1. The van der Waals surface area contributed by atoms with E-state index in [0.29, 0.717) is 6.04 Å². The molecule has 2 rings (SSSR count). The molecule has 106 valence electrons. The van der Waals surface area contributed by atoms with Crippen molar-refractivity contribution in [2.45, 2.75) is 31.7 Å². The van der Waals surface area contributed by atoms with Crippen molar-refractivity contribution in [2.24, 2.45) is 0 Å². The molecule has 0 aromatic carbocycles. The first-order valence-corrected chi connectivity index (χ1v) is 7.67. The number of amides is 1. The van der Waals surface area contributed by atoms with Crippen molar-refractivity contribution in [2.75, 3.05) is 27.2 Å². The highest BCUT2D eigenvalue weighted by Gasteiger charge is 2.27. The summed E-state index contributed by atoms with van der Waals surface area (Å²) < 4.78 is 3.08. The Balaban J connectivity index is 1.79. The number of carbonyl (C=O) groups is 1. The third-order valence-electron chi connectivity index (χ3n) is 3.31. The molecule has 0 unspecified atom stereocenters. The Morgan fingerprint density at radius 2 is 2.21 bits per heavy atom. The summed E-state index contributed by atoms with van der Waals surface area (Å²) in [4.78, 5) is 14.3. The average molecular weight is 328 g/mol. The Hall–Kier alpha value is -0.810. The van der Waals surface area contributed by atoms with E-state index in [1.807, 2.05) is 12.3 Å². The summed E-state index contributed by atoms with van der Waals surface area (Å²) in [6, 6.07) is 2.44. The van der Waals surface area contributed by atoms with E-state index in [2.05, 4.69) is 44.8 Å². The van der Waals surface area contributed by atoms with Gasteiger partial charge in [-0.05, 0) is 68.3 Å². The maximum Gasteiger partial charge on any atom is 0.267 e. The molecule has 0 bridgehead atoms. The summed E-state index contributed by atoms with van der Waals surface area (Å²) in [7, 11) is 4.14. The standard InChI is InChI=1S/C14H22BrN3O/c1-17(2)8-4-3-7-16-14(19)13-9-11(15)10-18(13)12-5-6-12/h9-10,12H,3-8H2,1-2H3,(H,16,19). The third kappa shape index (κ3) is 4.35. The van der Waals surface area contributed by atoms with E-state index in [1.54, 1.807) is 0 Å². The van der Waals surface area contributed by atoms with E-state index in [4.69, 9.17) is 0 Å². The van der Waals surface area contributed by atoms with Crippen molar-refractivity contribution in [3.8, 4) is 0 Å². The van der Waals surface area contributed by atoms with Gasteiger partial charge in [-0.15, -0.1) is 0 Å². The zero-order chi connectivity index (χ0) is 13.8. The molecule has 1 aliphatic carbocycles. The van der Waals surface area contributed by atoms with Gasteiger partial charge in [0.05, 0.1) is 0 Å². The zero-order valence-corrected chi connectivity index (χ0v) is 13.2. The lowest BCUT2D eigenvalue weighted by Crippen LogP contribution is -2.27. The first-order valence-electron chi connectivity index (χ1n) is 6.88. The Morgan fingerprint density at radius 3 is 2.84 bits per heavy atom. The molecule has 0 saturated heterocycles. The molecule has 1 saturated carbocycles. The van der Waals surface area contributed by atoms with Crippen molar-refractivity contribution in [3.05, 3.63) is 22.4 Å². The highest BCUT2D eigenvalue weighted by atomic mass is 79.9. The maximum atomic E-state index is 12.1. The second kappa shape index (κ2) is 6.57. The van der Waals surface area contributed by atoms with E-state index in [-0.39, 0.29) is 5.91 Å². The lowest BCUT2D eigenvalue weighted by molar-refractivity contribution is 0.0943. The molecule has 0 spiro atoms. The van der Waals surface area contributed by atoms with Gasteiger partial charge in [-0.1, -0.05) is 0 Å². The molecule has 1 N–H and O–H groups in total. The van der Waals surface area contributed by atoms with E-state index >= 15 is 0 Å². The number of hydrogen-bond acceptors (Lipinski definition) is 2. The van der Waals surface area contributed by atoms with Crippen LogP contribution in [0.2, 0.25) is 0 Å². The smallest absolute Gasteiger partial charge is 0.267 e. The molecule has 0 radical (unpaired) electrons. The number of halogens is 1. The Bertz CT molecular complexity index is 438. The van der Waals surface area contributed by atoms with Crippen LogP contribution in [0, 0.1) is 0 Å². The van der Waals surface area contributed by atoms with E-state index in [9.17, 15) is 4.79 Å². The molecule has 1 aromatic rings. The molecule has 1 amide bonds. The minimum atomic E-state index is 0.0439. The van der Waals surface area contributed by atoms with Crippen LogP contribution in [0.15, 0.2) is 16.7 Å². The van der Waals surface area contributed by atoms with Crippen LogP contribution in [0.5, 0.6) is 0 Å². The van der Waals surface area contributed by atoms with Gasteiger partial charge >= 0.3 is 0 Å². The van der Waals surface area contributed by atoms with E-state index in [1.165, 1.54) is 12.8 Å². The molecule has 4 nitrogen and oxygen atoms in total. The Morgan fingerprint density at radius 1 is 1.47 bits per heavy atom. The first kappa shape index (κ1) is 14.6. The fraction of sp³-hybridized carbons (Fsp3) is 0.643. The van der Waals surface area contributed by atoms with Crippen molar-refractivity contribution in [3.63, 3.8) is 0 Å². The van der Waals surface area contributed by atoms with Gasteiger partial charge in [0.25, 0.3) is 5.91 Å². The predicted octanol–water partition coefficient (Wildman–Crippen LogP) is 2.66. The van der Waals surface area contributed by atoms with Gasteiger partial charge in [-0.3, -0.25) is 4.79 Å². The summed E-state index contributed by atoms with van der Waals surface area (Å²) in [5.74, 6) is 0.0439. The van der Waals surface area contributed by atoms with Crippen LogP contribution >= 0.6 is 15.9 Å². The molecule has 1 aliphatic rings. The molecule has 1 heterocycles. The summed E-state index contributed by atoms with van der Waals surface area (Å²) in [6.45, 7) is 1.82. The van der Waals surface area contributed by atoms with Crippen molar-refractivity contribution >= 4 is 21.8 Å². The van der Waals surface area contributed by atoms with Crippen LogP contribution in [0.1, 0.15) is 42.2 Å². The maximum absolute atomic E-state index is 12.1. The number of carbonyl (C=O) groups excluding carboxylic acids is 1. The van der Waals surface area contributed by atoms with Crippen LogP contribution < -0.4 is 5.32 Å². The molecule has 1 aromatic heterocycles. The lowest BCUT2D eigenvalue weighted by Gasteiger charge is -2.10. The minimum absolute atomic E-state index is 0.0439. The SMILES string of the molecule is CN(C)CCCCNC(=O)c1cc(Br)cn1C1CC1. The molecule has 5 heteroatoms. The molecule has 19 heavy (non-hydrogen) atoms. The van der Waals surface area contributed by atoms with Gasteiger partial charge in [0, 0.05) is 23.3 Å². The van der Waals surface area contributed by atoms with E-state index in [0.717, 1.165) is 36.1 Å². The van der Waals surface area contributed by atoms with Crippen molar-refractivity contribution in [1.82, 2.24) is 14.8 Å². The molecular weight excluding hydrogens is 306 g/mol. The van der Waals surface area contributed by atoms with Crippen LogP contribution in [0.25, 0.3) is 0 Å². The van der Waals surface area contributed by atoms with Crippen molar-refractivity contribution < 1.29 is 4.79 Å². The van der Waals surface area contributed by atoms with Gasteiger partial charge < -0.3 is 14.8 Å². The molecule has 0 aliphatic heterocycles. The third-order valence-corrected chi connectivity index (χ3v) is 3.74. The van der Waals surface area contributed by atoms with Crippen LogP contribution in [0.3, 0.4) is 0 Å². The normalized spacial score (nSPS) is 14.9. The fourth-order valence-electron chi connectivity index (χ4n) is 2.13. The fourth-order valence-corrected chi connectivity index (χ4v) is 2.57. The summed E-state index contributed by atoms with van der Waals surface area (Å²) in [5, 5.41) is 3.01. The van der Waals surface area contributed by atoms with Gasteiger partial charge in [0.2, 0.25) is 0 Å². The second-order valence-electron chi connectivity index (χ2n) is 5.45. The van der Waals surface area contributed by atoms with Crippen LogP contribution in [-0.2, 0) is 0 Å². The number of unbranched alkanes of at least 4 members (excludes halogenated alkanes) is 1. The second-order valence-corrected chi connectivity index (χ2v) is 6.36. The minimum Gasteiger partial charge on any atom is -0.351 e. The monoisotopic (exact) mass is 327 g/mol. The summed E-state index contributed by atoms with van der Waals surface area (Å²) >= 11 is 3.45. The summed E-state index contributed by atoms with van der Waals surface area (Å²) in [5.41, 5.74) is 0.780. The first-order chi connectivity index (χ1) is 9.08. The summed E-state index contributed by atoms with van der Waals surface area (Å²) in [6.07, 6.45) is 6.52. The molecular formula is C14H22BrN3O. The number of nitrogens with one attached hydrogen (secondary N) is 1.